The summed E-state index contributed by atoms with van der Waals surface area (Å²) in [6.45, 7) is 4.02. The lowest BCUT2D eigenvalue weighted by Crippen LogP contribution is -2.00. The highest BCUT2D eigenvalue weighted by molar-refractivity contribution is 8.04. The molecule has 0 spiro atoms. The van der Waals surface area contributed by atoms with E-state index >= 15 is 0 Å². The Balaban J connectivity index is 3.09. The molecule has 0 amide bonds. The lowest BCUT2D eigenvalue weighted by Gasteiger charge is -1.87. The van der Waals surface area contributed by atoms with Gasteiger partial charge < -0.3 is 0 Å². The van der Waals surface area contributed by atoms with Gasteiger partial charge in [0.1, 0.15) is 0 Å². The van der Waals surface area contributed by atoms with E-state index in [0.717, 1.165) is 11.5 Å². The zero-order valence-electron chi connectivity index (χ0n) is 6.09. The van der Waals surface area contributed by atoms with E-state index in [2.05, 4.69) is 8.99 Å². The van der Waals surface area contributed by atoms with Crippen molar-refractivity contribution in [2.45, 2.75) is 13.8 Å². The second kappa shape index (κ2) is 7.82. The van der Waals surface area contributed by atoms with Gasteiger partial charge >= 0.3 is 8.10 Å². The lowest BCUT2D eigenvalue weighted by atomic mass is 11.0. The predicted molar refractivity (Wildman–Crippen MR) is 50.1 cm³/mol. The van der Waals surface area contributed by atoms with E-state index < -0.39 is 8.10 Å². The molecule has 60 valence electrons. The van der Waals surface area contributed by atoms with Gasteiger partial charge in [0.05, 0.1) is 0 Å². The number of nitrogens with one attached hydrogen (secondary N) is 2. The van der Waals surface area contributed by atoms with Gasteiger partial charge in [-0.05, 0) is 37.4 Å². The van der Waals surface area contributed by atoms with E-state index in [-0.39, 0.29) is 0 Å². The molecule has 0 fully saturated rings. The molecule has 3 nitrogen and oxygen atoms in total. The molecule has 0 rings (SSSR count). The van der Waals surface area contributed by atoms with Crippen LogP contribution in [0.15, 0.2) is 0 Å². The molecule has 0 saturated heterocycles. The second-order valence-electron chi connectivity index (χ2n) is 1.34. The highest BCUT2D eigenvalue weighted by Gasteiger charge is 2.12. The zero-order valence-corrected chi connectivity index (χ0v) is 8.61. The maximum Gasteiger partial charge on any atom is 0.553 e. The number of hydrogen-bond donors (Lipinski definition) is 2. The predicted octanol–water partition coefficient (Wildman–Crippen LogP) is 2.16. The molecule has 0 heterocycles. The number of rotatable bonds is 6. The van der Waals surface area contributed by atoms with E-state index in [1.165, 1.54) is 23.9 Å². The standard InChI is InChI=1S/C4H12N2OPS2/c1-3-9-5-8(7)6-10-4-2/h3-4H2,1-2H3,(H2,5,6,7)/q+1. The Morgan fingerprint density at radius 2 is 1.60 bits per heavy atom. The third-order valence-electron chi connectivity index (χ3n) is 0.584. The first-order chi connectivity index (χ1) is 4.81. The summed E-state index contributed by atoms with van der Waals surface area (Å²) in [6.07, 6.45) is 0. The van der Waals surface area contributed by atoms with Crippen molar-refractivity contribution in [3.63, 3.8) is 0 Å². The molecular weight excluding hydrogens is 187 g/mol. The van der Waals surface area contributed by atoms with Crippen molar-refractivity contribution >= 4 is 32.0 Å². The molecule has 0 aromatic carbocycles. The van der Waals surface area contributed by atoms with Crippen LogP contribution in [0.2, 0.25) is 0 Å². The van der Waals surface area contributed by atoms with E-state index in [4.69, 9.17) is 0 Å². The zero-order chi connectivity index (χ0) is 7.82. The highest BCUT2D eigenvalue weighted by Crippen LogP contribution is 2.17. The van der Waals surface area contributed by atoms with Crippen LogP contribution in [0.25, 0.3) is 0 Å². The van der Waals surface area contributed by atoms with Gasteiger partial charge in [-0.25, -0.2) is 0 Å². The molecule has 0 atom stereocenters. The summed E-state index contributed by atoms with van der Waals surface area (Å²) in [4.78, 5) is 0. The Kier molecular flexibility index (Phi) is 8.39. The molecule has 0 aromatic rings. The summed E-state index contributed by atoms with van der Waals surface area (Å²) in [6, 6.07) is 0. The molecule has 6 heteroatoms. The van der Waals surface area contributed by atoms with Crippen molar-refractivity contribution in [1.82, 2.24) is 8.99 Å². The van der Waals surface area contributed by atoms with Crippen molar-refractivity contribution in [1.29, 1.82) is 0 Å². The summed E-state index contributed by atoms with van der Waals surface area (Å²) >= 11 is 2.91. The Morgan fingerprint density at radius 1 is 1.20 bits per heavy atom. The minimum absolute atomic E-state index is 0.930. The minimum Gasteiger partial charge on any atom is -0.0548 e. The van der Waals surface area contributed by atoms with Crippen molar-refractivity contribution in [2.75, 3.05) is 11.5 Å². The summed E-state index contributed by atoms with van der Waals surface area (Å²) < 4.78 is 16.4. The second-order valence-corrected chi connectivity index (χ2v) is 5.12. The fourth-order valence-electron chi connectivity index (χ4n) is 0.265. The van der Waals surface area contributed by atoms with Crippen LogP contribution >= 0.6 is 32.0 Å². The minimum atomic E-state index is -1.42. The Bertz CT molecular complexity index is 93.3. The third-order valence-corrected chi connectivity index (χ3v) is 3.52. The van der Waals surface area contributed by atoms with Gasteiger partial charge in [0.15, 0.2) is 0 Å². The molecule has 0 aliphatic rings. The first-order valence-electron chi connectivity index (χ1n) is 3.03. The lowest BCUT2D eigenvalue weighted by molar-refractivity contribution is 0.586. The Labute approximate surface area is 71.3 Å². The molecule has 0 aromatic heterocycles. The van der Waals surface area contributed by atoms with Crippen LogP contribution in [-0.2, 0) is 4.57 Å². The van der Waals surface area contributed by atoms with E-state index in [1.807, 2.05) is 13.8 Å². The SMILES string of the molecule is CCSN[P+](=O)NSCC. The maximum absolute atomic E-state index is 10.8. The Hall–Kier alpha value is 0.720. The average molecular weight is 199 g/mol. The molecule has 0 saturated carbocycles. The Morgan fingerprint density at radius 3 is 1.90 bits per heavy atom. The van der Waals surface area contributed by atoms with Gasteiger partial charge in [0.2, 0.25) is 0 Å². The van der Waals surface area contributed by atoms with Crippen molar-refractivity contribution < 1.29 is 4.57 Å². The van der Waals surface area contributed by atoms with Crippen LogP contribution in [0.4, 0.5) is 0 Å². The fourth-order valence-corrected chi connectivity index (χ4v) is 2.72. The van der Waals surface area contributed by atoms with Crippen molar-refractivity contribution in [3.05, 3.63) is 0 Å². The first-order valence-corrected chi connectivity index (χ1v) is 6.26. The maximum atomic E-state index is 10.8. The van der Waals surface area contributed by atoms with Crippen LogP contribution in [0.5, 0.6) is 0 Å². The highest BCUT2D eigenvalue weighted by atomic mass is 32.2. The molecule has 0 aliphatic carbocycles. The van der Waals surface area contributed by atoms with Crippen LogP contribution in [0, 0.1) is 0 Å². The summed E-state index contributed by atoms with van der Waals surface area (Å²) in [5.74, 6) is 1.86. The summed E-state index contributed by atoms with van der Waals surface area (Å²) in [7, 11) is -1.42. The topological polar surface area (TPSA) is 41.1 Å². The average Bonchev–Trinajstić information content (AvgIpc) is 1.97. The third kappa shape index (κ3) is 6.83. The first kappa shape index (κ1) is 10.7. The van der Waals surface area contributed by atoms with Gasteiger partial charge in [-0.1, -0.05) is 13.8 Å². The van der Waals surface area contributed by atoms with E-state index in [0.29, 0.717) is 0 Å². The molecule has 0 unspecified atom stereocenters. The van der Waals surface area contributed by atoms with Crippen molar-refractivity contribution in [3.8, 4) is 0 Å². The van der Waals surface area contributed by atoms with E-state index in [9.17, 15) is 4.57 Å². The molecule has 2 N–H and O–H groups in total. The van der Waals surface area contributed by atoms with Gasteiger partial charge in [-0.3, -0.25) is 0 Å². The normalized spacial score (nSPS) is 9.80. The fraction of sp³-hybridized carbons (Fsp3) is 1.00. The van der Waals surface area contributed by atoms with E-state index in [1.54, 1.807) is 0 Å². The smallest absolute Gasteiger partial charge is 0.0548 e. The number of hydrogen-bond acceptors (Lipinski definition) is 3. The molecule has 0 aliphatic heterocycles. The van der Waals surface area contributed by atoms with Gasteiger partial charge in [-0.2, -0.15) is 0 Å². The largest absolute Gasteiger partial charge is 0.553 e. The molecule has 0 bridgehead atoms. The quantitative estimate of drug-likeness (QED) is 0.507. The summed E-state index contributed by atoms with van der Waals surface area (Å²) in [5, 5.41) is 0. The van der Waals surface area contributed by atoms with Gasteiger partial charge in [0, 0.05) is 11.5 Å². The van der Waals surface area contributed by atoms with Gasteiger partial charge in [0.25, 0.3) is 0 Å². The van der Waals surface area contributed by atoms with Crippen LogP contribution in [0.1, 0.15) is 13.8 Å². The van der Waals surface area contributed by atoms with Gasteiger partial charge in [-0.15, -0.1) is 0 Å². The molecule has 10 heavy (non-hydrogen) atoms. The van der Waals surface area contributed by atoms with Crippen LogP contribution < -0.4 is 8.99 Å². The van der Waals surface area contributed by atoms with Crippen molar-refractivity contribution in [2.24, 2.45) is 0 Å². The van der Waals surface area contributed by atoms with Crippen LogP contribution in [-0.4, -0.2) is 11.5 Å². The summed E-state index contributed by atoms with van der Waals surface area (Å²) in [5.41, 5.74) is 0. The van der Waals surface area contributed by atoms with Crippen LogP contribution in [0.3, 0.4) is 0 Å². The molecule has 0 radical (unpaired) electrons. The monoisotopic (exact) mass is 199 g/mol. The molecular formula is C4H12N2OPS2+.